The molecule has 1 aliphatic rings. The van der Waals surface area contributed by atoms with Gasteiger partial charge in [0.15, 0.2) is 0 Å². The highest BCUT2D eigenvalue weighted by molar-refractivity contribution is 7.89. The van der Waals surface area contributed by atoms with Crippen LogP contribution < -0.4 is 10.1 Å². The molecular weight excluding hydrogens is 379 g/mol. The largest absolute Gasteiger partial charge is 0.496 e. The van der Waals surface area contributed by atoms with Gasteiger partial charge in [-0.1, -0.05) is 12.1 Å². The topological polar surface area (TPSA) is 58.6 Å². The SMILES string of the molecule is COc1ccc(S(=O)(=O)N2CCNCC2c2cccc(F)c2)cc1C.Cl. The van der Waals surface area contributed by atoms with Crippen LogP contribution in [0.5, 0.6) is 5.75 Å². The van der Waals surface area contributed by atoms with E-state index in [0.717, 1.165) is 5.56 Å². The Morgan fingerprint density at radius 3 is 2.65 bits per heavy atom. The monoisotopic (exact) mass is 400 g/mol. The first-order chi connectivity index (χ1) is 11.9. The number of ether oxygens (including phenoxy) is 1. The zero-order valence-electron chi connectivity index (χ0n) is 14.6. The fourth-order valence-electron chi connectivity index (χ4n) is 3.12. The van der Waals surface area contributed by atoms with Crippen LogP contribution in [0.3, 0.4) is 0 Å². The standard InChI is InChI=1S/C18H21FN2O3S.ClH/c1-13-10-16(6-7-18(13)24-2)25(22,23)21-9-8-20-12-17(21)14-4-3-5-15(19)11-14;/h3-7,10-11,17,20H,8-9,12H2,1-2H3;1H. The van der Waals surface area contributed by atoms with E-state index in [4.69, 9.17) is 4.74 Å². The molecule has 1 atom stereocenters. The molecule has 3 rings (SSSR count). The molecular formula is C18H22ClFN2O3S. The Labute approximate surface area is 159 Å². The number of nitrogens with zero attached hydrogens (tertiary/aromatic N) is 1. The molecule has 1 N–H and O–H groups in total. The molecule has 0 aromatic heterocycles. The summed E-state index contributed by atoms with van der Waals surface area (Å²) in [5, 5.41) is 3.19. The Morgan fingerprint density at radius 2 is 2.00 bits per heavy atom. The summed E-state index contributed by atoms with van der Waals surface area (Å²) in [4.78, 5) is 0.217. The zero-order chi connectivity index (χ0) is 18.0. The van der Waals surface area contributed by atoms with E-state index in [2.05, 4.69) is 5.32 Å². The second-order valence-electron chi connectivity index (χ2n) is 6.02. The number of halogens is 2. The lowest BCUT2D eigenvalue weighted by atomic mass is 10.1. The molecule has 0 bridgehead atoms. The van der Waals surface area contributed by atoms with Gasteiger partial charge >= 0.3 is 0 Å². The molecule has 0 aliphatic carbocycles. The Kier molecular flexibility index (Phi) is 6.63. The number of hydrogen-bond donors (Lipinski definition) is 1. The second kappa shape index (κ2) is 8.35. The van der Waals surface area contributed by atoms with Gasteiger partial charge in [0.05, 0.1) is 18.0 Å². The smallest absolute Gasteiger partial charge is 0.243 e. The van der Waals surface area contributed by atoms with Gasteiger partial charge < -0.3 is 10.1 Å². The first-order valence-electron chi connectivity index (χ1n) is 8.06. The molecule has 5 nitrogen and oxygen atoms in total. The van der Waals surface area contributed by atoms with Crippen molar-refractivity contribution < 1.29 is 17.5 Å². The van der Waals surface area contributed by atoms with Crippen molar-refractivity contribution >= 4 is 22.4 Å². The van der Waals surface area contributed by atoms with Crippen LogP contribution in [-0.2, 0) is 10.0 Å². The number of hydrogen-bond acceptors (Lipinski definition) is 4. The van der Waals surface area contributed by atoms with Crippen LogP contribution in [0, 0.1) is 12.7 Å². The first-order valence-corrected chi connectivity index (χ1v) is 9.50. The number of methoxy groups -OCH3 is 1. The van der Waals surface area contributed by atoms with Crippen molar-refractivity contribution in [1.82, 2.24) is 9.62 Å². The van der Waals surface area contributed by atoms with Crippen LogP contribution in [0.1, 0.15) is 17.2 Å². The summed E-state index contributed by atoms with van der Waals surface area (Å²) in [6.45, 7) is 3.13. The van der Waals surface area contributed by atoms with E-state index < -0.39 is 16.1 Å². The van der Waals surface area contributed by atoms with Gasteiger partial charge in [-0.2, -0.15) is 4.31 Å². The van der Waals surface area contributed by atoms with Gasteiger partial charge in [-0.05, 0) is 48.4 Å². The normalized spacial score (nSPS) is 18.2. The highest BCUT2D eigenvalue weighted by atomic mass is 35.5. The summed E-state index contributed by atoms with van der Waals surface area (Å²) in [7, 11) is -2.16. The molecule has 0 saturated carbocycles. The van der Waals surface area contributed by atoms with Gasteiger partial charge in [-0.25, -0.2) is 12.8 Å². The van der Waals surface area contributed by atoms with Gasteiger partial charge in [0.25, 0.3) is 0 Å². The van der Waals surface area contributed by atoms with Gasteiger partial charge in [0.2, 0.25) is 10.0 Å². The average molecular weight is 401 g/mol. The molecule has 1 heterocycles. The van der Waals surface area contributed by atoms with E-state index in [1.807, 2.05) is 0 Å². The summed E-state index contributed by atoms with van der Waals surface area (Å²) in [6, 6.07) is 10.5. The molecule has 2 aromatic rings. The third-order valence-electron chi connectivity index (χ3n) is 4.40. The lowest BCUT2D eigenvalue weighted by Crippen LogP contribution is -2.48. The summed E-state index contributed by atoms with van der Waals surface area (Å²) < 4.78 is 46.6. The molecule has 0 radical (unpaired) electrons. The number of sulfonamides is 1. The average Bonchev–Trinajstić information content (AvgIpc) is 2.61. The molecule has 1 saturated heterocycles. The van der Waals surface area contributed by atoms with Gasteiger partial charge in [-0.3, -0.25) is 0 Å². The maximum Gasteiger partial charge on any atom is 0.243 e. The maximum atomic E-state index is 13.6. The number of aryl methyl sites for hydroxylation is 1. The summed E-state index contributed by atoms with van der Waals surface area (Å²) >= 11 is 0. The third kappa shape index (κ3) is 4.01. The fourth-order valence-corrected chi connectivity index (χ4v) is 4.82. The first kappa shape index (κ1) is 20.6. The summed E-state index contributed by atoms with van der Waals surface area (Å²) in [6.07, 6.45) is 0. The molecule has 0 spiro atoms. The van der Waals surface area contributed by atoms with Crippen molar-refractivity contribution in [3.05, 3.63) is 59.4 Å². The molecule has 8 heteroatoms. The Balaban J connectivity index is 0.00000243. The highest BCUT2D eigenvalue weighted by Gasteiger charge is 2.34. The molecule has 142 valence electrons. The van der Waals surface area contributed by atoms with Crippen LogP contribution >= 0.6 is 12.4 Å². The summed E-state index contributed by atoms with van der Waals surface area (Å²) in [5.74, 6) is 0.265. The lowest BCUT2D eigenvalue weighted by molar-refractivity contribution is 0.271. The zero-order valence-corrected chi connectivity index (χ0v) is 16.2. The number of piperazine rings is 1. The predicted octanol–water partition coefficient (Wildman–Crippen LogP) is 2.90. The van der Waals surface area contributed by atoms with Gasteiger partial charge in [-0.15, -0.1) is 12.4 Å². The van der Waals surface area contributed by atoms with E-state index in [1.54, 1.807) is 44.4 Å². The molecule has 2 aromatic carbocycles. The predicted molar refractivity (Wildman–Crippen MR) is 101 cm³/mol. The van der Waals surface area contributed by atoms with Crippen LogP contribution in [0.15, 0.2) is 47.4 Å². The van der Waals surface area contributed by atoms with E-state index in [1.165, 1.54) is 16.4 Å². The summed E-state index contributed by atoms with van der Waals surface area (Å²) in [5.41, 5.74) is 1.39. The van der Waals surface area contributed by atoms with Crippen molar-refractivity contribution in [2.75, 3.05) is 26.7 Å². The van der Waals surface area contributed by atoms with Gasteiger partial charge in [0.1, 0.15) is 11.6 Å². The van der Waals surface area contributed by atoms with E-state index in [0.29, 0.717) is 30.9 Å². The van der Waals surface area contributed by atoms with E-state index >= 15 is 0 Å². The quantitative estimate of drug-likeness (QED) is 0.857. The maximum absolute atomic E-state index is 13.6. The Hall–Kier alpha value is -1.67. The van der Waals surface area contributed by atoms with Crippen molar-refractivity contribution in [3.63, 3.8) is 0 Å². The molecule has 26 heavy (non-hydrogen) atoms. The number of benzene rings is 2. The fraction of sp³-hybridized carbons (Fsp3) is 0.333. The second-order valence-corrected chi connectivity index (χ2v) is 7.91. The molecule has 0 amide bonds. The number of rotatable bonds is 4. The minimum absolute atomic E-state index is 0. The minimum Gasteiger partial charge on any atom is -0.496 e. The molecule has 1 fully saturated rings. The third-order valence-corrected chi connectivity index (χ3v) is 6.30. The van der Waals surface area contributed by atoms with E-state index in [-0.39, 0.29) is 23.1 Å². The van der Waals surface area contributed by atoms with Crippen molar-refractivity contribution in [1.29, 1.82) is 0 Å². The molecule has 1 aliphatic heterocycles. The number of nitrogens with one attached hydrogen (secondary N) is 1. The van der Waals surface area contributed by atoms with Crippen LogP contribution in [0.25, 0.3) is 0 Å². The van der Waals surface area contributed by atoms with Crippen molar-refractivity contribution in [2.45, 2.75) is 17.9 Å². The van der Waals surface area contributed by atoms with Crippen molar-refractivity contribution in [2.24, 2.45) is 0 Å². The van der Waals surface area contributed by atoms with Gasteiger partial charge in [0, 0.05) is 19.6 Å². The Morgan fingerprint density at radius 1 is 1.23 bits per heavy atom. The highest BCUT2D eigenvalue weighted by Crippen LogP contribution is 2.31. The van der Waals surface area contributed by atoms with Crippen molar-refractivity contribution in [3.8, 4) is 5.75 Å². The van der Waals surface area contributed by atoms with Crippen LogP contribution in [-0.4, -0.2) is 39.5 Å². The minimum atomic E-state index is -3.70. The van der Waals surface area contributed by atoms with Crippen LogP contribution in [0.2, 0.25) is 0 Å². The molecule has 1 unspecified atom stereocenters. The van der Waals surface area contributed by atoms with Crippen LogP contribution in [0.4, 0.5) is 4.39 Å². The van der Waals surface area contributed by atoms with E-state index in [9.17, 15) is 12.8 Å². The lowest BCUT2D eigenvalue weighted by Gasteiger charge is -2.35. The Bertz CT molecular complexity index is 876.